The molecule has 0 aliphatic carbocycles. The topological polar surface area (TPSA) is 85.0 Å². The molecule has 0 heterocycles. The average molecular weight is 243 g/mol. The molecule has 2 atom stereocenters. The van der Waals surface area contributed by atoms with Gasteiger partial charge in [-0.15, -0.1) is 0 Å². The van der Waals surface area contributed by atoms with Crippen LogP contribution in [0.3, 0.4) is 0 Å². The van der Waals surface area contributed by atoms with Crippen LogP contribution in [0.2, 0.25) is 0 Å². The fourth-order valence-electron chi connectivity index (χ4n) is 1.31. The van der Waals surface area contributed by atoms with Gasteiger partial charge in [-0.25, -0.2) is 8.42 Å². The van der Waals surface area contributed by atoms with E-state index in [0.717, 1.165) is 0 Å². The van der Waals surface area contributed by atoms with Crippen LogP contribution >= 0.6 is 0 Å². The number of nitrogens with zero attached hydrogens (tertiary/aromatic N) is 3. The Morgan fingerprint density at radius 1 is 1.25 bits per heavy atom. The molecule has 0 bridgehead atoms. The molecule has 0 N–H and O–H groups in total. The van der Waals surface area contributed by atoms with Crippen LogP contribution in [0.4, 0.5) is 0 Å². The SMILES string of the molecule is CCC(C#N)S(=O)(=O)N(CC)CC(C)C#N. The second-order valence-electron chi connectivity index (χ2n) is 3.55. The fraction of sp³-hybridized carbons (Fsp3) is 0.800. The Hall–Kier alpha value is -1.11. The molecule has 2 unspecified atom stereocenters. The normalized spacial score (nSPS) is 15.1. The minimum Gasteiger partial charge on any atom is -0.211 e. The summed E-state index contributed by atoms with van der Waals surface area (Å²) in [6, 6.07) is 3.77. The van der Waals surface area contributed by atoms with Gasteiger partial charge in [-0.1, -0.05) is 13.8 Å². The van der Waals surface area contributed by atoms with Gasteiger partial charge < -0.3 is 0 Å². The summed E-state index contributed by atoms with van der Waals surface area (Å²) in [6.07, 6.45) is 0.260. The van der Waals surface area contributed by atoms with Crippen molar-refractivity contribution < 1.29 is 8.42 Å². The van der Waals surface area contributed by atoms with Crippen molar-refractivity contribution in [2.24, 2.45) is 5.92 Å². The zero-order valence-corrected chi connectivity index (χ0v) is 10.7. The van der Waals surface area contributed by atoms with E-state index in [1.165, 1.54) is 4.31 Å². The molecule has 5 nitrogen and oxygen atoms in total. The molecule has 0 rings (SSSR count). The van der Waals surface area contributed by atoms with Gasteiger partial charge in [-0.05, 0) is 13.3 Å². The van der Waals surface area contributed by atoms with Crippen molar-refractivity contribution in [1.29, 1.82) is 10.5 Å². The van der Waals surface area contributed by atoms with Crippen molar-refractivity contribution in [3.8, 4) is 12.1 Å². The Morgan fingerprint density at radius 3 is 2.12 bits per heavy atom. The lowest BCUT2D eigenvalue weighted by Gasteiger charge is -2.23. The lowest BCUT2D eigenvalue weighted by Crippen LogP contribution is -2.40. The molecular formula is C10H17N3O2S. The highest BCUT2D eigenvalue weighted by atomic mass is 32.2. The first-order valence-electron chi connectivity index (χ1n) is 5.22. The average Bonchev–Trinajstić information content (AvgIpc) is 2.26. The van der Waals surface area contributed by atoms with Crippen LogP contribution in [0.1, 0.15) is 27.2 Å². The maximum absolute atomic E-state index is 12.0. The van der Waals surface area contributed by atoms with Crippen molar-refractivity contribution in [2.75, 3.05) is 13.1 Å². The van der Waals surface area contributed by atoms with E-state index in [4.69, 9.17) is 10.5 Å². The third-order valence-corrected chi connectivity index (χ3v) is 4.57. The molecule has 0 aromatic heterocycles. The van der Waals surface area contributed by atoms with Crippen LogP contribution in [0, 0.1) is 28.6 Å². The van der Waals surface area contributed by atoms with E-state index >= 15 is 0 Å². The zero-order valence-electron chi connectivity index (χ0n) is 9.84. The Bertz CT molecular complexity index is 391. The van der Waals surface area contributed by atoms with Gasteiger partial charge in [0.2, 0.25) is 10.0 Å². The molecule has 0 saturated carbocycles. The smallest absolute Gasteiger partial charge is 0.211 e. The van der Waals surface area contributed by atoms with Crippen molar-refractivity contribution in [1.82, 2.24) is 4.31 Å². The first-order valence-corrected chi connectivity index (χ1v) is 6.72. The van der Waals surface area contributed by atoms with Crippen LogP contribution in [0.25, 0.3) is 0 Å². The van der Waals surface area contributed by atoms with Crippen LogP contribution in [-0.2, 0) is 10.0 Å². The summed E-state index contributed by atoms with van der Waals surface area (Å²) in [5, 5.41) is 16.4. The lowest BCUT2D eigenvalue weighted by atomic mass is 10.2. The molecule has 0 aliphatic heterocycles. The van der Waals surface area contributed by atoms with E-state index in [1.54, 1.807) is 26.8 Å². The summed E-state index contributed by atoms with van der Waals surface area (Å²) < 4.78 is 25.1. The quantitative estimate of drug-likeness (QED) is 0.699. The molecule has 90 valence electrons. The maximum Gasteiger partial charge on any atom is 0.230 e. The first-order chi connectivity index (χ1) is 7.43. The van der Waals surface area contributed by atoms with E-state index in [9.17, 15) is 8.42 Å². The molecule has 0 aromatic rings. The van der Waals surface area contributed by atoms with Gasteiger partial charge >= 0.3 is 0 Å². The van der Waals surface area contributed by atoms with Gasteiger partial charge in [-0.2, -0.15) is 14.8 Å². The van der Waals surface area contributed by atoms with Gasteiger partial charge in [0.1, 0.15) is 0 Å². The fourth-order valence-corrected chi connectivity index (χ4v) is 3.01. The highest BCUT2D eigenvalue weighted by molar-refractivity contribution is 7.90. The highest BCUT2D eigenvalue weighted by Gasteiger charge is 2.30. The summed E-state index contributed by atoms with van der Waals surface area (Å²) in [5.41, 5.74) is 0. The monoisotopic (exact) mass is 243 g/mol. The summed E-state index contributed by atoms with van der Waals surface area (Å²) >= 11 is 0. The van der Waals surface area contributed by atoms with E-state index in [2.05, 4.69) is 0 Å². The second kappa shape index (κ2) is 6.47. The van der Waals surface area contributed by atoms with Crippen molar-refractivity contribution in [3.05, 3.63) is 0 Å². The molecular weight excluding hydrogens is 226 g/mol. The van der Waals surface area contributed by atoms with Crippen molar-refractivity contribution >= 4 is 10.0 Å². The maximum atomic E-state index is 12.0. The van der Waals surface area contributed by atoms with Gasteiger partial charge in [0.25, 0.3) is 0 Å². The van der Waals surface area contributed by atoms with Gasteiger partial charge in [-0.3, -0.25) is 0 Å². The predicted octanol–water partition coefficient (Wildman–Crippen LogP) is 1.10. The van der Waals surface area contributed by atoms with Crippen LogP contribution in [0.5, 0.6) is 0 Å². The number of hydrogen-bond acceptors (Lipinski definition) is 4. The molecule has 0 saturated heterocycles. The van der Waals surface area contributed by atoms with E-state index < -0.39 is 15.3 Å². The lowest BCUT2D eigenvalue weighted by molar-refractivity contribution is 0.396. The van der Waals surface area contributed by atoms with Crippen LogP contribution < -0.4 is 0 Å². The summed E-state index contributed by atoms with van der Waals surface area (Å²) in [7, 11) is -3.60. The van der Waals surface area contributed by atoms with E-state index in [-0.39, 0.29) is 25.4 Å². The Morgan fingerprint density at radius 2 is 1.81 bits per heavy atom. The van der Waals surface area contributed by atoms with Crippen molar-refractivity contribution in [2.45, 2.75) is 32.4 Å². The summed E-state index contributed by atoms with van der Waals surface area (Å²) in [4.78, 5) is 0. The standard InChI is InChI=1S/C10H17N3O2S/c1-4-10(7-12)16(14,15)13(5-2)8-9(3)6-11/h9-10H,4-5,8H2,1-3H3. The molecule has 0 aromatic carbocycles. The molecule has 0 fully saturated rings. The largest absolute Gasteiger partial charge is 0.230 e. The van der Waals surface area contributed by atoms with E-state index in [0.29, 0.717) is 0 Å². The Balaban J connectivity index is 4.97. The minimum atomic E-state index is -3.60. The minimum absolute atomic E-state index is 0.146. The number of rotatable bonds is 6. The molecule has 16 heavy (non-hydrogen) atoms. The second-order valence-corrected chi connectivity index (χ2v) is 5.67. The predicted molar refractivity (Wildman–Crippen MR) is 60.6 cm³/mol. The number of hydrogen-bond donors (Lipinski definition) is 0. The third kappa shape index (κ3) is 3.48. The zero-order chi connectivity index (χ0) is 12.8. The highest BCUT2D eigenvalue weighted by Crippen LogP contribution is 2.13. The third-order valence-electron chi connectivity index (χ3n) is 2.28. The number of nitriles is 2. The van der Waals surface area contributed by atoms with Gasteiger partial charge in [0.05, 0.1) is 18.1 Å². The molecule has 0 spiro atoms. The molecule has 0 amide bonds. The number of sulfonamides is 1. The first kappa shape index (κ1) is 14.9. The van der Waals surface area contributed by atoms with Crippen molar-refractivity contribution in [3.63, 3.8) is 0 Å². The van der Waals surface area contributed by atoms with Crippen LogP contribution in [-0.4, -0.2) is 31.1 Å². The molecule has 0 aliphatic rings. The molecule has 6 heteroatoms. The summed E-state index contributed by atoms with van der Waals surface area (Å²) in [5.74, 6) is -0.370. The Labute approximate surface area is 97.3 Å². The van der Waals surface area contributed by atoms with Gasteiger partial charge in [0, 0.05) is 13.1 Å². The summed E-state index contributed by atoms with van der Waals surface area (Å²) in [6.45, 7) is 5.45. The van der Waals surface area contributed by atoms with Gasteiger partial charge in [0.15, 0.2) is 5.25 Å². The van der Waals surface area contributed by atoms with Crippen LogP contribution in [0.15, 0.2) is 0 Å². The Kier molecular flexibility index (Phi) is 6.02. The van der Waals surface area contributed by atoms with E-state index in [1.807, 2.05) is 6.07 Å². The molecule has 0 radical (unpaired) electrons.